The van der Waals surface area contributed by atoms with Crippen molar-refractivity contribution in [2.45, 2.75) is 19.3 Å². The summed E-state index contributed by atoms with van der Waals surface area (Å²) in [4.78, 5) is 23.1. The Labute approximate surface area is 194 Å². The second kappa shape index (κ2) is 9.53. The summed E-state index contributed by atoms with van der Waals surface area (Å²) in [6, 6.07) is 36.7. The van der Waals surface area contributed by atoms with E-state index in [9.17, 15) is 9.59 Å². The predicted molar refractivity (Wildman–Crippen MR) is 133 cm³/mol. The molecule has 0 aliphatic rings. The second-order valence-electron chi connectivity index (χ2n) is 8.00. The quantitative estimate of drug-likeness (QED) is 0.367. The predicted octanol–water partition coefficient (Wildman–Crippen LogP) is 5.99. The van der Waals surface area contributed by atoms with E-state index in [2.05, 4.69) is 59.2 Å². The number of anilines is 2. The number of benzene rings is 4. The molecule has 4 heteroatoms. The summed E-state index contributed by atoms with van der Waals surface area (Å²) in [5, 5.41) is 5.70. The van der Waals surface area contributed by atoms with E-state index in [0.717, 1.165) is 33.6 Å². The largest absolute Gasteiger partial charge is 0.326 e. The molecule has 0 aromatic heterocycles. The lowest BCUT2D eigenvalue weighted by atomic mass is 9.65. The van der Waals surface area contributed by atoms with Crippen LogP contribution in [0.3, 0.4) is 0 Å². The Hall–Kier alpha value is -4.18. The molecule has 4 rings (SSSR count). The summed E-state index contributed by atoms with van der Waals surface area (Å²) in [6.07, 6.45) is 0. The van der Waals surface area contributed by atoms with Crippen LogP contribution in [0.2, 0.25) is 0 Å². The van der Waals surface area contributed by atoms with E-state index >= 15 is 0 Å². The number of nitrogens with one attached hydrogen (secondary N) is 2. The highest BCUT2D eigenvalue weighted by molar-refractivity contribution is 5.89. The zero-order valence-electron chi connectivity index (χ0n) is 18.7. The second-order valence-corrected chi connectivity index (χ2v) is 8.00. The molecule has 0 atom stereocenters. The lowest BCUT2D eigenvalue weighted by molar-refractivity contribution is -0.115. The first kappa shape index (κ1) is 22.0. The van der Waals surface area contributed by atoms with Crippen LogP contribution in [0, 0.1) is 0 Å². The van der Waals surface area contributed by atoms with E-state index in [1.807, 2.05) is 60.7 Å². The van der Waals surface area contributed by atoms with Gasteiger partial charge in [-0.2, -0.15) is 0 Å². The minimum absolute atomic E-state index is 0.103. The van der Waals surface area contributed by atoms with E-state index in [-0.39, 0.29) is 11.8 Å². The third kappa shape index (κ3) is 4.55. The molecule has 164 valence electrons. The molecule has 0 spiro atoms. The fraction of sp³-hybridized carbons (Fsp3) is 0.103. The van der Waals surface area contributed by atoms with Crippen molar-refractivity contribution in [3.8, 4) is 0 Å². The number of amides is 2. The van der Waals surface area contributed by atoms with Gasteiger partial charge in [-0.25, -0.2) is 0 Å². The summed E-state index contributed by atoms with van der Waals surface area (Å²) in [7, 11) is 0. The van der Waals surface area contributed by atoms with E-state index in [1.165, 1.54) is 13.8 Å². The third-order valence-electron chi connectivity index (χ3n) is 5.69. The van der Waals surface area contributed by atoms with Gasteiger partial charge in [0, 0.05) is 25.2 Å². The van der Waals surface area contributed by atoms with Gasteiger partial charge in [-0.3, -0.25) is 9.59 Å². The van der Waals surface area contributed by atoms with Gasteiger partial charge < -0.3 is 10.6 Å². The first-order valence-electron chi connectivity index (χ1n) is 10.9. The SMILES string of the molecule is CC(=O)Nc1ccc(C(c2ccccc2)(c2ccccc2)c2ccc(NC(C)=O)cc2)cc1. The van der Waals surface area contributed by atoms with Crippen molar-refractivity contribution in [1.82, 2.24) is 0 Å². The van der Waals surface area contributed by atoms with Crippen molar-refractivity contribution in [1.29, 1.82) is 0 Å². The number of hydrogen-bond donors (Lipinski definition) is 2. The molecule has 33 heavy (non-hydrogen) atoms. The zero-order chi connectivity index (χ0) is 23.3. The molecule has 0 fully saturated rings. The van der Waals surface area contributed by atoms with Crippen LogP contribution in [0.15, 0.2) is 109 Å². The Morgan fingerprint density at radius 1 is 0.485 bits per heavy atom. The summed E-state index contributed by atoms with van der Waals surface area (Å²) < 4.78 is 0. The highest BCUT2D eigenvalue weighted by atomic mass is 16.2. The maximum absolute atomic E-state index is 11.5. The van der Waals surface area contributed by atoms with Crippen molar-refractivity contribution < 1.29 is 9.59 Å². The molecular formula is C29H26N2O2. The highest BCUT2D eigenvalue weighted by Crippen LogP contribution is 2.45. The van der Waals surface area contributed by atoms with E-state index in [1.54, 1.807) is 0 Å². The maximum atomic E-state index is 11.5. The molecule has 4 aromatic rings. The molecule has 0 saturated heterocycles. The van der Waals surface area contributed by atoms with Crippen LogP contribution in [0.4, 0.5) is 11.4 Å². The lowest BCUT2D eigenvalue weighted by Crippen LogP contribution is -2.31. The van der Waals surface area contributed by atoms with Crippen LogP contribution in [-0.2, 0) is 15.0 Å². The third-order valence-corrected chi connectivity index (χ3v) is 5.69. The first-order chi connectivity index (χ1) is 16.0. The molecule has 4 nitrogen and oxygen atoms in total. The average molecular weight is 435 g/mol. The summed E-state index contributed by atoms with van der Waals surface area (Å²) >= 11 is 0. The van der Waals surface area contributed by atoms with Gasteiger partial charge in [0.05, 0.1) is 5.41 Å². The topological polar surface area (TPSA) is 58.2 Å². The molecule has 0 saturated carbocycles. The van der Waals surface area contributed by atoms with Gasteiger partial charge in [-0.15, -0.1) is 0 Å². The first-order valence-corrected chi connectivity index (χ1v) is 10.9. The number of hydrogen-bond acceptors (Lipinski definition) is 2. The average Bonchev–Trinajstić information content (AvgIpc) is 2.82. The van der Waals surface area contributed by atoms with Gasteiger partial charge >= 0.3 is 0 Å². The van der Waals surface area contributed by atoms with Crippen LogP contribution in [-0.4, -0.2) is 11.8 Å². The maximum Gasteiger partial charge on any atom is 0.221 e. The molecular weight excluding hydrogens is 408 g/mol. The minimum atomic E-state index is -0.591. The van der Waals surface area contributed by atoms with Gasteiger partial charge in [0.15, 0.2) is 0 Å². The number of carbonyl (C=O) groups excluding carboxylic acids is 2. The summed E-state index contributed by atoms with van der Waals surface area (Å²) in [6.45, 7) is 3.01. The Kier molecular flexibility index (Phi) is 6.36. The van der Waals surface area contributed by atoms with Crippen molar-refractivity contribution in [3.63, 3.8) is 0 Å². The fourth-order valence-corrected chi connectivity index (χ4v) is 4.39. The lowest BCUT2D eigenvalue weighted by Gasteiger charge is -2.37. The van der Waals surface area contributed by atoms with Crippen LogP contribution in [0.1, 0.15) is 36.1 Å². The number of rotatable bonds is 6. The van der Waals surface area contributed by atoms with E-state index < -0.39 is 5.41 Å². The highest BCUT2D eigenvalue weighted by Gasteiger charge is 2.38. The molecule has 0 aliphatic heterocycles. The van der Waals surface area contributed by atoms with Crippen LogP contribution in [0.25, 0.3) is 0 Å². The molecule has 2 N–H and O–H groups in total. The van der Waals surface area contributed by atoms with Crippen molar-refractivity contribution in [2.24, 2.45) is 0 Å². The Morgan fingerprint density at radius 2 is 0.788 bits per heavy atom. The molecule has 0 heterocycles. The standard InChI is InChI=1S/C29H26N2O2/c1-21(32)30-27-17-13-25(14-18-27)29(23-9-5-3-6-10-23,24-11-7-4-8-12-24)26-15-19-28(20-16-26)31-22(2)33/h3-20H,1-2H3,(H,30,32)(H,31,33). The van der Waals surface area contributed by atoms with Crippen LogP contribution >= 0.6 is 0 Å². The van der Waals surface area contributed by atoms with Gasteiger partial charge in [-0.05, 0) is 46.5 Å². The Balaban J connectivity index is 1.97. The molecule has 2 amide bonds. The molecule has 0 unspecified atom stereocenters. The van der Waals surface area contributed by atoms with Crippen molar-refractivity contribution in [3.05, 3.63) is 131 Å². The summed E-state index contributed by atoms with van der Waals surface area (Å²) in [5.41, 5.74) is 5.30. The Morgan fingerprint density at radius 3 is 1.09 bits per heavy atom. The molecule has 0 radical (unpaired) electrons. The zero-order valence-corrected chi connectivity index (χ0v) is 18.7. The summed E-state index contributed by atoms with van der Waals surface area (Å²) in [5.74, 6) is -0.206. The number of carbonyl (C=O) groups is 2. The van der Waals surface area contributed by atoms with Gasteiger partial charge in [0.2, 0.25) is 11.8 Å². The smallest absolute Gasteiger partial charge is 0.221 e. The van der Waals surface area contributed by atoms with E-state index in [0.29, 0.717) is 0 Å². The molecule has 4 aromatic carbocycles. The fourth-order valence-electron chi connectivity index (χ4n) is 4.39. The van der Waals surface area contributed by atoms with Crippen LogP contribution < -0.4 is 10.6 Å². The van der Waals surface area contributed by atoms with Crippen molar-refractivity contribution in [2.75, 3.05) is 10.6 Å². The molecule has 0 aliphatic carbocycles. The normalized spacial score (nSPS) is 11.0. The van der Waals surface area contributed by atoms with Gasteiger partial charge in [0.1, 0.15) is 0 Å². The monoisotopic (exact) mass is 434 g/mol. The van der Waals surface area contributed by atoms with Gasteiger partial charge in [0.25, 0.3) is 0 Å². The molecule has 0 bridgehead atoms. The van der Waals surface area contributed by atoms with E-state index in [4.69, 9.17) is 0 Å². The Bertz CT molecular complexity index is 1130. The van der Waals surface area contributed by atoms with Crippen molar-refractivity contribution >= 4 is 23.2 Å². The van der Waals surface area contributed by atoms with Gasteiger partial charge in [-0.1, -0.05) is 84.9 Å². The minimum Gasteiger partial charge on any atom is -0.326 e. The van der Waals surface area contributed by atoms with Crippen LogP contribution in [0.5, 0.6) is 0 Å².